The molecule has 1 aromatic rings. The summed E-state index contributed by atoms with van der Waals surface area (Å²) in [6.45, 7) is 0.544. The lowest BCUT2D eigenvalue weighted by Gasteiger charge is -2.21. The molecule has 2 aliphatic heterocycles. The fourth-order valence-electron chi connectivity index (χ4n) is 2.52. The molecule has 1 fully saturated rings. The highest BCUT2D eigenvalue weighted by Gasteiger charge is 2.36. The average molecular weight is 263 g/mol. The van der Waals surface area contributed by atoms with Crippen LogP contribution in [-0.4, -0.2) is 41.3 Å². The number of fused-ring (bicyclic) bond motifs is 1. The highest BCUT2D eigenvalue weighted by atomic mass is 16.7. The second-order valence-electron chi connectivity index (χ2n) is 4.53. The Hall–Kier alpha value is -2.24. The molecule has 0 bridgehead atoms. The van der Waals surface area contributed by atoms with Crippen LogP contribution in [0.15, 0.2) is 18.2 Å². The van der Waals surface area contributed by atoms with E-state index in [9.17, 15) is 9.59 Å². The number of ether oxygens (including phenoxy) is 2. The quantitative estimate of drug-likeness (QED) is 0.864. The van der Waals surface area contributed by atoms with Gasteiger partial charge in [0.1, 0.15) is 6.04 Å². The summed E-state index contributed by atoms with van der Waals surface area (Å²) in [5.41, 5.74) is 0.364. The molecule has 0 unspecified atom stereocenters. The highest BCUT2D eigenvalue weighted by molar-refractivity contribution is 6.00. The molecule has 6 heteroatoms. The van der Waals surface area contributed by atoms with E-state index in [1.165, 1.54) is 4.90 Å². The first kappa shape index (κ1) is 11.8. The Morgan fingerprint density at radius 3 is 2.95 bits per heavy atom. The van der Waals surface area contributed by atoms with Crippen molar-refractivity contribution in [2.24, 2.45) is 0 Å². The van der Waals surface area contributed by atoms with Crippen molar-refractivity contribution in [2.75, 3.05) is 13.3 Å². The van der Waals surface area contributed by atoms with Crippen molar-refractivity contribution in [1.82, 2.24) is 4.90 Å². The highest BCUT2D eigenvalue weighted by Crippen LogP contribution is 2.36. The number of hydrogen-bond acceptors (Lipinski definition) is 4. The van der Waals surface area contributed by atoms with Gasteiger partial charge in [0.25, 0.3) is 5.91 Å². The number of aliphatic carboxylic acids is 1. The van der Waals surface area contributed by atoms with E-state index >= 15 is 0 Å². The maximum Gasteiger partial charge on any atom is 0.326 e. The zero-order valence-corrected chi connectivity index (χ0v) is 10.2. The topological polar surface area (TPSA) is 76.1 Å². The Morgan fingerprint density at radius 1 is 1.32 bits per heavy atom. The molecule has 1 aromatic carbocycles. The monoisotopic (exact) mass is 263 g/mol. The van der Waals surface area contributed by atoms with Crippen LogP contribution in [0.1, 0.15) is 23.2 Å². The first-order valence-corrected chi connectivity index (χ1v) is 6.11. The SMILES string of the molecule is O=C(O)[C@@H]1CCCN1C(=O)c1cccc2c1OCO2. The number of carbonyl (C=O) groups excluding carboxylic acids is 1. The normalized spacial score (nSPS) is 20.6. The number of para-hydroxylation sites is 1. The molecule has 1 saturated heterocycles. The standard InChI is InChI=1S/C13H13NO5/c15-12(14-6-2-4-9(14)13(16)17)8-3-1-5-10-11(8)19-7-18-10/h1,3,5,9H,2,4,6-7H2,(H,16,17)/t9-/m0/s1. The minimum absolute atomic E-state index is 0.0853. The van der Waals surface area contributed by atoms with Crippen LogP contribution in [0, 0.1) is 0 Å². The van der Waals surface area contributed by atoms with E-state index in [2.05, 4.69) is 0 Å². The first-order chi connectivity index (χ1) is 9.18. The summed E-state index contributed by atoms with van der Waals surface area (Å²) in [5, 5.41) is 9.12. The van der Waals surface area contributed by atoms with E-state index in [-0.39, 0.29) is 12.7 Å². The Balaban J connectivity index is 1.92. The van der Waals surface area contributed by atoms with Gasteiger partial charge in [-0.2, -0.15) is 0 Å². The Labute approximate surface area is 109 Å². The molecule has 100 valence electrons. The van der Waals surface area contributed by atoms with Crippen LogP contribution >= 0.6 is 0 Å². The van der Waals surface area contributed by atoms with E-state index < -0.39 is 12.0 Å². The lowest BCUT2D eigenvalue weighted by atomic mass is 10.1. The van der Waals surface area contributed by atoms with E-state index in [0.717, 1.165) is 0 Å². The molecule has 2 heterocycles. The molecule has 6 nitrogen and oxygen atoms in total. The van der Waals surface area contributed by atoms with Gasteiger partial charge in [-0.15, -0.1) is 0 Å². The fraction of sp³-hybridized carbons (Fsp3) is 0.385. The number of likely N-dealkylation sites (tertiary alicyclic amines) is 1. The third kappa shape index (κ3) is 1.89. The van der Waals surface area contributed by atoms with Crippen LogP contribution in [0.2, 0.25) is 0 Å². The first-order valence-electron chi connectivity index (χ1n) is 6.11. The summed E-state index contributed by atoms with van der Waals surface area (Å²) in [7, 11) is 0. The molecule has 1 amide bonds. The lowest BCUT2D eigenvalue weighted by Crippen LogP contribution is -2.40. The smallest absolute Gasteiger partial charge is 0.326 e. The van der Waals surface area contributed by atoms with Crippen molar-refractivity contribution in [3.05, 3.63) is 23.8 Å². The van der Waals surface area contributed by atoms with Gasteiger partial charge in [-0.3, -0.25) is 4.79 Å². The van der Waals surface area contributed by atoms with Crippen molar-refractivity contribution < 1.29 is 24.2 Å². The van der Waals surface area contributed by atoms with Gasteiger partial charge in [-0.1, -0.05) is 6.07 Å². The van der Waals surface area contributed by atoms with Crippen LogP contribution in [0.4, 0.5) is 0 Å². The fourth-order valence-corrected chi connectivity index (χ4v) is 2.52. The van der Waals surface area contributed by atoms with Crippen molar-refractivity contribution >= 4 is 11.9 Å². The maximum atomic E-state index is 12.4. The van der Waals surface area contributed by atoms with E-state index in [0.29, 0.717) is 36.4 Å². The number of rotatable bonds is 2. The minimum atomic E-state index is -0.962. The number of carbonyl (C=O) groups is 2. The van der Waals surface area contributed by atoms with Crippen LogP contribution in [0.5, 0.6) is 11.5 Å². The number of hydrogen-bond donors (Lipinski definition) is 1. The lowest BCUT2D eigenvalue weighted by molar-refractivity contribution is -0.141. The van der Waals surface area contributed by atoms with Crippen LogP contribution in [-0.2, 0) is 4.79 Å². The molecule has 19 heavy (non-hydrogen) atoms. The molecule has 2 aliphatic rings. The van der Waals surface area contributed by atoms with Crippen molar-refractivity contribution in [3.8, 4) is 11.5 Å². The second-order valence-corrected chi connectivity index (χ2v) is 4.53. The molecule has 0 saturated carbocycles. The van der Waals surface area contributed by atoms with Crippen LogP contribution in [0.25, 0.3) is 0 Å². The summed E-state index contributed by atoms with van der Waals surface area (Å²) in [4.78, 5) is 25.0. The summed E-state index contributed by atoms with van der Waals surface area (Å²) >= 11 is 0. The summed E-state index contributed by atoms with van der Waals surface area (Å²) in [6, 6.07) is 4.31. The van der Waals surface area contributed by atoms with Crippen molar-refractivity contribution in [2.45, 2.75) is 18.9 Å². The third-order valence-electron chi connectivity index (χ3n) is 3.43. The molecule has 0 aliphatic carbocycles. The number of benzene rings is 1. The largest absolute Gasteiger partial charge is 0.480 e. The summed E-state index contributed by atoms with van der Waals surface area (Å²) in [5.74, 6) is -0.344. The molecule has 3 rings (SSSR count). The molecule has 0 spiro atoms. The number of nitrogens with zero attached hydrogens (tertiary/aromatic N) is 1. The van der Waals surface area contributed by atoms with Crippen LogP contribution in [0.3, 0.4) is 0 Å². The molecule has 0 radical (unpaired) electrons. The zero-order valence-electron chi connectivity index (χ0n) is 10.2. The number of amides is 1. The molecular formula is C13H13NO5. The predicted octanol–water partition coefficient (Wildman–Crippen LogP) is 1.10. The van der Waals surface area contributed by atoms with Gasteiger partial charge in [0.2, 0.25) is 6.79 Å². The van der Waals surface area contributed by atoms with Crippen molar-refractivity contribution in [3.63, 3.8) is 0 Å². The third-order valence-corrected chi connectivity index (χ3v) is 3.43. The molecule has 1 N–H and O–H groups in total. The Kier molecular flexibility index (Phi) is 2.77. The summed E-state index contributed by atoms with van der Waals surface area (Å²) in [6.07, 6.45) is 1.20. The van der Waals surface area contributed by atoms with Crippen molar-refractivity contribution in [1.29, 1.82) is 0 Å². The van der Waals surface area contributed by atoms with Gasteiger partial charge in [0.05, 0.1) is 5.56 Å². The average Bonchev–Trinajstić information content (AvgIpc) is 3.05. The van der Waals surface area contributed by atoms with Gasteiger partial charge in [-0.05, 0) is 25.0 Å². The number of carboxylic acids is 1. The summed E-state index contributed by atoms with van der Waals surface area (Å²) < 4.78 is 10.5. The molecular weight excluding hydrogens is 250 g/mol. The van der Waals surface area contributed by atoms with E-state index in [4.69, 9.17) is 14.6 Å². The maximum absolute atomic E-state index is 12.4. The number of carboxylic acid groups (broad SMARTS) is 1. The minimum Gasteiger partial charge on any atom is -0.480 e. The molecule has 1 atom stereocenters. The molecule has 0 aromatic heterocycles. The predicted molar refractivity (Wildman–Crippen MR) is 64.3 cm³/mol. The second kappa shape index (κ2) is 4.46. The van der Waals surface area contributed by atoms with Gasteiger partial charge < -0.3 is 19.5 Å². The zero-order chi connectivity index (χ0) is 13.4. The Morgan fingerprint density at radius 2 is 2.16 bits per heavy atom. The van der Waals surface area contributed by atoms with Gasteiger partial charge in [-0.25, -0.2) is 4.79 Å². The van der Waals surface area contributed by atoms with Gasteiger partial charge in [0, 0.05) is 6.54 Å². The van der Waals surface area contributed by atoms with Gasteiger partial charge >= 0.3 is 5.97 Å². The van der Waals surface area contributed by atoms with Gasteiger partial charge in [0.15, 0.2) is 11.5 Å². The Bertz CT molecular complexity index is 542. The van der Waals surface area contributed by atoms with Crippen LogP contribution < -0.4 is 9.47 Å². The van der Waals surface area contributed by atoms with E-state index in [1.807, 2.05) is 0 Å². The van der Waals surface area contributed by atoms with E-state index in [1.54, 1.807) is 18.2 Å².